The maximum Gasteiger partial charge on any atom is 0.240 e. The van der Waals surface area contributed by atoms with Gasteiger partial charge in [-0.3, -0.25) is 4.79 Å². The summed E-state index contributed by atoms with van der Waals surface area (Å²) in [7, 11) is -3.67. The first-order valence-corrected chi connectivity index (χ1v) is 12.8. The molecule has 2 N–H and O–H groups in total. The highest BCUT2D eigenvalue weighted by molar-refractivity contribution is 7.99. The minimum Gasteiger partial charge on any atom is -0.323 e. The summed E-state index contributed by atoms with van der Waals surface area (Å²) in [6.45, 7) is 1.96. The predicted molar refractivity (Wildman–Crippen MR) is 127 cm³/mol. The molecule has 35 heavy (non-hydrogen) atoms. The summed E-state index contributed by atoms with van der Waals surface area (Å²) in [5, 5.41) is 15.4. The van der Waals surface area contributed by atoms with Crippen LogP contribution < -0.4 is 10.0 Å². The summed E-state index contributed by atoms with van der Waals surface area (Å²) < 4.78 is 55.6. The number of nitrogens with zero attached hydrogens (tertiary/aromatic N) is 4. The molecule has 2 aromatic carbocycles. The van der Waals surface area contributed by atoms with Gasteiger partial charge in [-0.05, 0) is 43.3 Å². The Morgan fingerprint density at radius 3 is 2.57 bits per heavy atom. The van der Waals surface area contributed by atoms with Gasteiger partial charge < -0.3 is 5.32 Å². The summed E-state index contributed by atoms with van der Waals surface area (Å²) >= 11 is 1.10. The highest BCUT2D eigenvalue weighted by Crippen LogP contribution is 2.19. The van der Waals surface area contributed by atoms with E-state index in [0.29, 0.717) is 22.6 Å². The largest absolute Gasteiger partial charge is 0.323 e. The van der Waals surface area contributed by atoms with Crippen molar-refractivity contribution in [1.82, 2.24) is 24.5 Å². The smallest absolute Gasteiger partial charge is 0.240 e. The molecule has 0 aliphatic carbocycles. The van der Waals surface area contributed by atoms with E-state index >= 15 is 0 Å². The number of thioether (sulfide) groups is 1. The molecule has 4 aromatic rings. The Morgan fingerprint density at radius 2 is 1.83 bits per heavy atom. The van der Waals surface area contributed by atoms with Crippen LogP contribution in [0, 0.1) is 18.6 Å². The second kappa shape index (κ2) is 10.5. The van der Waals surface area contributed by atoms with E-state index in [0.717, 1.165) is 29.5 Å². The van der Waals surface area contributed by atoms with Crippen molar-refractivity contribution in [3.8, 4) is 0 Å². The summed E-state index contributed by atoms with van der Waals surface area (Å²) in [5.74, 6) is -1.72. The minimum absolute atomic E-state index is 0.0663. The van der Waals surface area contributed by atoms with E-state index in [1.807, 2.05) is 6.92 Å². The lowest BCUT2D eigenvalue weighted by Gasteiger charge is -2.07. The molecule has 0 aliphatic rings. The molecule has 1 amide bonds. The molecule has 0 fully saturated rings. The fraction of sp³-hybridized carbons (Fsp3) is 0.182. The third-order valence-corrected chi connectivity index (χ3v) is 7.23. The first-order chi connectivity index (χ1) is 16.7. The number of aromatic nitrogens is 4. The fourth-order valence-corrected chi connectivity index (χ4v) is 4.75. The van der Waals surface area contributed by atoms with Crippen molar-refractivity contribution in [2.24, 2.45) is 0 Å². The fourth-order valence-electron chi connectivity index (χ4n) is 3.06. The minimum atomic E-state index is -3.67. The number of benzene rings is 2. The van der Waals surface area contributed by atoms with Crippen molar-refractivity contribution in [3.63, 3.8) is 0 Å². The third-order valence-electron chi connectivity index (χ3n) is 4.83. The zero-order valence-electron chi connectivity index (χ0n) is 18.4. The molecule has 2 heterocycles. The van der Waals surface area contributed by atoms with Crippen molar-refractivity contribution in [1.29, 1.82) is 0 Å². The summed E-state index contributed by atoms with van der Waals surface area (Å²) in [4.78, 5) is 12.3. The van der Waals surface area contributed by atoms with Crippen molar-refractivity contribution >= 4 is 39.0 Å². The standard InChI is InChI=1S/C22H20F2N6O3S2/c1-14-2-5-16(6-3-14)35(32,33)25-11-10-20-28-27-19-8-9-22(29-30(19)20)34-13-21(31)26-18-7-4-15(23)12-17(18)24/h2-9,12,25H,10-11,13H2,1H3,(H,26,31). The normalized spacial score (nSPS) is 11.6. The predicted octanol–water partition coefficient (Wildman–Crippen LogP) is 2.96. The number of carbonyl (C=O) groups excluding carboxylic acids is 1. The molecule has 2 aromatic heterocycles. The average molecular weight is 519 g/mol. The van der Waals surface area contributed by atoms with E-state index in [9.17, 15) is 22.0 Å². The van der Waals surface area contributed by atoms with Gasteiger partial charge in [-0.2, -0.15) is 9.61 Å². The number of aryl methyl sites for hydroxylation is 1. The molecule has 0 saturated heterocycles. The molecule has 0 spiro atoms. The van der Waals surface area contributed by atoms with Gasteiger partial charge in [0.25, 0.3) is 0 Å². The molecule has 0 unspecified atom stereocenters. The second-order valence-electron chi connectivity index (χ2n) is 7.48. The van der Waals surface area contributed by atoms with Gasteiger partial charge in [0, 0.05) is 19.0 Å². The maximum atomic E-state index is 13.7. The lowest BCUT2D eigenvalue weighted by atomic mass is 10.2. The van der Waals surface area contributed by atoms with E-state index in [1.165, 1.54) is 16.6 Å². The zero-order chi connectivity index (χ0) is 25.0. The molecule has 13 heteroatoms. The van der Waals surface area contributed by atoms with E-state index in [2.05, 4.69) is 25.3 Å². The molecule has 9 nitrogen and oxygen atoms in total. The van der Waals surface area contributed by atoms with Gasteiger partial charge in [0.1, 0.15) is 16.7 Å². The van der Waals surface area contributed by atoms with Gasteiger partial charge in [-0.15, -0.1) is 10.2 Å². The van der Waals surface area contributed by atoms with Crippen LogP contribution in [0.25, 0.3) is 5.65 Å². The van der Waals surface area contributed by atoms with Gasteiger partial charge >= 0.3 is 0 Å². The number of hydrogen-bond acceptors (Lipinski definition) is 7. The van der Waals surface area contributed by atoms with E-state index < -0.39 is 27.6 Å². The Balaban J connectivity index is 1.36. The Hall–Kier alpha value is -3.42. The van der Waals surface area contributed by atoms with E-state index in [1.54, 1.807) is 24.3 Å². The van der Waals surface area contributed by atoms with Gasteiger partial charge in [0.15, 0.2) is 11.5 Å². The first-order valence-electron chi connectivity index (χ1n) is 10.4. The van der Waals surface area contributed by atoms with Crippen LogP contribution in [0.3, 0.4) is 0 Å². The number of amides is 1. The second-order valence-corrected chi connectivity index (χ2v) is 10.2. The maximum absolute atomic E-state index is 13.7. The molecular weight excluding hydrogens is 498 g/mol. The molecule has 182 valence electrons. The van der Waals surface area contributed by atoms with Crippen molar-refractivity contribution in [2.75, 3.05) is 17.6 Å². The molecule has 0 bridgehead atoms. The molecule has 0 radical (unpaired) electrons. The molecule has 0 atom stereocenters. The SMILES string of the molecule is Cc1ccc(S(=O)(=O)NCCc2nnc3ccc(SCC(=O)Nc4ccc(F)cc4F)nn23)cc1. The number of halogens is 2. The number of anilines is 1. The van der Waals surface area contributed by atoms with Crippen LogP contribution in [-0.2, 0) is 21.2 Å². The van der Waals surface area contributed by atoms with Gasteiger partial charge in [0.05, 0.1) is 16.3 Å². The summed E-state index contributed by atoms with van der Waals surface area (Å²) in [6.07, 6.45) is 0.234. The first kappa shape index (κ1) is 24.7. The highest BCUT2D eigenvalue weighted by atomic mass is 32.2. The summed E-state index contributed by atoms with van der Waals surface area (Å²) in [6, 6.07) is 12.7. The number of sulfonamides is 1. The van der Waals surface area contributed by atoms with Gasteiger partial charge in [-0.1, -0.05) is 29.5 Å². The lowest BCUT2D eigenvalue weighted by molar-refractivity contribution is -0.113. The average Bonchev–Trinajstić information content (AvgIpc) is 3.22. The number of fused-ring (bicyclic) bond motifs is 1. The Labute approximate surface area is 204 Å². The van der Waals surface area contributed by atoms with Crippen LogP contribution in [0.15, 0.2) is 64.5 Å². The summed E-state index contributed by atoms with van der Waals surface area (Å²) in [5.41, 5.74) is 1.30. The monoisotopic (exact) mass is 518 g/mol. The lowest BCUT2D eigenvalue weighted by Crippen LogP contribution is -2.26. The van der Waals surface area contributed by atoms with Crippen LogP contribution in [0.2, 0.25) is 0 Å². The Kier molecular flexibility index (Phi) is 7.38. The van der Waals surface area contributed by atoms with Crippen molar-refractivity contribution in [2.45, 2.75) is 23.3 Å². The van der Waals surface area contributed by atoms with Crippen LogP contribution in [-0.4, -0.2) is 46.4 Å². The molecule has 0 aliphatic heterocycles. The number of carbonyl (C=O) groups is 1. The van der Waals surface area contributed by atoms with Crippen molar-refractivity contribution in [3.05, 3.63) is 77.6 Å². The Bertz CT molecular complexity index is 1480. The molecular formula is C22H20F2N6O3S2. The Morgan fingerprint density at radius 1 is 1.06 bits per heavy atom. The van der Waals surface area contributed by atoms with Gasteiger partial charge in [-0.25, -0.2) is 21.9 Å². The number of nitrogens with one attached hydrogen (secondary N) is 2. The quantitative estimate of drug-likeness (QED) is 0.327. The van der Waals surface area contributed by atoms with Crippen LogP contribution in [0.1, 0.15) is 11.4 Å². The van der Waals surface area contributed by atoms with Crippen molar-refractivity contribution < 1.29 is 22.0 Å². The number of rotatable bonds is 9. The van der Waals surface area contributed by atoms with Crippen LogP contribution in [0.5, 0.6) is 0 Å². The third kappa shape index (κ3) is 6.18. The zero-order valence-corrected chi connectivity index (χ0v) is 20.0. The molecule has 0 saturated carbocycles. The van der Waals surface area contributed by atoms with E-state index in [-0.39, 0.29) is 29.3 Å². The van der Waals surface area contributed by atoms with Crippen LogP contribution >= 0.6 is 11.8 Å². The van der Waals surface area contributed by atoms with E-state index in [4.69, 9.17) is 0 Å². The topological polar surface area (TPSA) is 118 Å². The number of hydrogen-bond donors (Lipinski definition) is 2. The van der Waals surface area contributed by atoms with Crippen LogP contribution in [0.4, 0.5) is 14.5 Å². The highest BCUT2D eigenvalue weighted by Gasteiger charge is 2.15. The van der Waals surface area contributed by atoms with Gasteiger partial charge in [0.2, 0.25) is 15.9 Å². The molecule has 4 rings (SSSR count).